The fourth-order valence-corrected chi connectivity index (χ4v) is 2.86. The fraction of sp³-hybridized carbons (Fsp3) is 0.250. The van der Waals surface area contributed by atoms with Gasteiger partial charge in [-0.3, -0.25) is 0 Å². The van der Waals surface area contributed by atoms with Crippen molar-refractivity contribution < 1.29 is 4.39 Å². The highest BCUT2D eigenvalue weighted by Gasteiger charge is 2.17. The Balaban J connectivity index is 2.29. The van der Waals surface area contributed by atoms with Crippen LogP contribution in [0, 0.1) is 5.82 Å². The SMILES string of the molecule is CCNC(Cc1cccc(Br)c1)c1cccc(Cl)c1F. The van der Waals surface area contributed by atoms with Crippen molar-refractivity contribution in [3.05, 3.63) is 68.9 Å². The molecule has 0 saturated carbocycles. The summed E-state index contributed by atoms with van der Waals surface area (Å²) >= 11 is 9.33. The van der Waals surface area contributed by atoms with E-state index in [1.807, 2.05) is 31.2 Å². The molecular formula is C16H16BrClFN. The van der Waals surface area contributed by atoms with Crippen molar-refractivity contribution in [1.82, 2.24) is 5.32 Å². The van der Waals surface area contributed by atoms with Crippen LogP contribution in [0.5, 0.6) is 0 Å². The maximum absolute atomic E-state index is 14.2. The van der Waals surface area contributed by atoms with Crippen LogP contribution < -0.4 is 5.32 Å². The standard InChI is InChI=1S/C16H16BrClFN/c1-2-20-15(10-11-5-3-6-12(17)9-11)13-7-4-8-14(18)16(13)19/h3-9,15,20H,2,10H2,1H3. The Morgan fingerprint density at radius 2 is 2.00 bits per heavy atom. The Labute approximate surface area is 132 Å². The summed E-state index contributed by atoms with van der Waals surface area (Å²) in [6.07, 6.45) is 0.713. The number of rotatable bonds is 5. The van der Waals surface area contributed by atoms with Gasteiger partial charge in [-0.05, 0) is 36.7 Å². The highest BCUT2D eigenvalue weighted by atomic mass is 79.9. The highest BCUT2D eigenvalue weighted by molar-refractivity contribution is 9.10. The molecule has 0 aliphatic rings. The van der Waals surface area contributed by atoms with Crippen molar-refractivity contribution >= 4 is 27.5 Å². The van der Waals surface area contributed by atoms with Gasteiger partial charge in [-0.2, -0.15) is 0 Å². The minimum absolute atomic E-state index is 0.0898. The average Bonchev–Trinajstić information content (AvgIpc) is 2.42. The molecule has 0 amide bonds. The second-order valence-corrected chi connectivity index (χ2v) is 5.91. The van der Waals surface area contributed by atoms with Crippen LogP contribution in [-0.2, 0) is 6.42 Å². The molecule has 106 valence electrons. The zero-order valence-corrected chi connectivity index (χ0v) is 13.5. The molecule has 0 heterocycles. The summed E-state index contributed by atoms with van der Waals surface area (Å²) in [4.78, 5) is 0. The van der Waals surface area contributed by atoms with E-state index in [2.05, 4.69) is 21.2 Å². The van der Waals surface area contributed by atoms with Gasteiger partial charge >= 0.3 is 0 Å². The van der Waals surface area contributed by atoms with Crippen molar-refractivity contribution in [2.24, 2.45) is 0 Å². The van der Waals surface area contributed by atoms with Crippen molar-refractivity contribution in [3.8, 4) is 0 Å². The molecular weight excluding hydrogens is 341 g/mol. The van der Waals surface area contributed by atoms with Crippen molar-refractivity contribution in [2.75, 3.05) is 6.54 Å². The summed E-state index contributed by atoms with van der Waals surface area (Å²) in [5, 5.41) is 3.49. The quantitative estimate of drug-likeness (QED) is 0.782. The summed E-state index contributed by atoms with van der Waals surface area (Å²) in [6.45, 7) is 2.78. The third kappa shape index (κ3) is 3.81. The van der Waals surface area contributed by atoms with Crippen molar-refractivity contribution in [1.29, 1.82) is 0 Å². The number of halogens is 3. The summed E-state index contributed by atoms with van der Waals surface area (Å²) in [5.74, 6) is -0.338. The van der Waals surface area contributed by atoms with Gasteiger partial charge in [-0.1, -0.05) is 58.7 Å². The first kappa shape index (κ1) is 15.5. The zero-order valence-electron chi connectivity index (χ0n) is 11.2. The number of hydrogen-bond acceptors (Lipinski definition) is 1. The first-order valence-electron chi connectivity index (χ1n) is 6.53. The zero-order chi connectivity index (χ0) is 14.5. The van der Waals surface area contributed by atoms with Crippen LogP contribution in [0.2, 0.25) is 5.02 Å². The van der Waals surface area contributed by atoms with Gasteiger partial charge in [0.2, 0.25) is 0 Å². The molecule has 0 aromatic heterocycles. The summed E-state index contributed by atoms with van der Waals surface area (Å²) < 4.78 is 15.2. The van der Waals surface area contributed by atoms with E-state index in [-0.39, 0.29) is 16.9 Å². The number of likely N-dealkylation sites (N-methyl/N-ethyl adjacent to an activating group) is 1. The molecule has 20 heavy (non-hydrogen) atoms. The third-order valence-corrected chi connectivity index (χ3v) is 3.92. The number of nitrogens with one attached hydrogen (secondary N) is 1. The van der Waals surface area contributed by atoms with Crippen molar-refractivity contribution in [3.63, 3.8) is 0 Å². The monoisotopic (exact) mass is 355 g/mol. The molecule has 1 atom stereocenters. The minimum atomic E-state index is -0.338. The predicted molar refractivity (Wildman–Crippen MR) is 85.7 cm³/mol. The predicted octanol–water partition coefficient (Wildman–Crippen LogP) is 5.13. The molecule has 2 aromatic carbocycles. The maximum Gasteiger partial charge on any atom is 0.146 e. The molecule has 0 saturated heterocycles. The molecule has 0 spiro atoms. The third-order valence-electron chi connectivity index (χ3n) is 3.14. The number of hydrogen-bond donors (Lipinski definition) is 1. The van der Waals surface area contributed by atoms with Crippen LogP contribution >= 0.6 is 27.5 Å². The van der Waals surface area contributed by atoms with E-state index < -0.39 is 0 Å². The molecule has 0 radical (unpaired) electrons. The molecule has 0 bridgehead atoms. The molecule has 2 rings (SSSR count). The van der Waals surface area contributed by atoms with E-state index in [1.165, 1.54) is 0 Å². The molecule has 1 nitrogen and oxygen atoms in total. The second kappa shape index (κ2) is 7.21. The van der Waals surface area contributed by atoms with Gasteiger partial charge in [-0.25, -0.2) is 4.39 Å². The van der Waals surface area contributed by atoms with Crippen LogP contribution in [0.3, 0.4) is 0 Å². The van der Waals surface area contributed by atoms with Gasteiger partial charge < -0.3 is 5.32 Å². The molecule has 2 aromatic rings. The van der Waals surface area contributed by atoms with Crippen LogP contribution in [0.15, 0.2) is 46.9 Å². The molecule has 0 fully saturated rings. The lowest BCUT2D eigenvalue weighted by molar-refractivity contribution is 0.510. The fourth-order valence-electron chi connectivity index (χ4n) is 2.23. The van der Waals surface area contributed by atoms with Crippen LogP contribution in [0.4, 0.5) is 4.39 Å². The van der Waals surface area contributed by atoms with E-state index in [0.29, 0.717) is 12.0 Å². The van der Waals surface area contributed by atoms with Gasteiger partial charge in [0, 0.05) is 16.1 Å². The maximum atomic E-state index is 14.2. The lowest BCUT2D eigenvalue weighted by Gasteiger charge is -2.19. The van der Waals surface area contributed by atoms with Gasteiger partial charge in [0.15, 0.2) is 0 Å². The highest BCUT2D eigenvalue weighted by Crippen LogP contribution is 2.26. The summed E-state index contributed by atoms with van der Waals surface area (Å²) in [7, 11) is 0. The Hall–Kier alpha value is -0.900. The summed E-state index contributed by atoms with van der Waals surface area (Å²) in [5.41, 5.74) is 1.75. The van der Waals surface area contributed by atoms with Crippen molar-refractivity contribution in [2.45, 2.75) is 19.4 Å². The van der Waals surface area contributed by atoms with Crippen LogP contribution in [0.25, 0.3) is 0 Å². The normalized spacial score (nSPS) is 12.4. The lowest BCUT2D eigenvalue weighted by atomic mass is 9.98. The molecule has 1 unspecified atom stereocenters. The first-order valence-corrected chi connectivity index (χ1v) is 7.70. The molecule has 4 heteroatoms. The Morgan fingerprint density at radius 3 is 2.70 bits per heavy atom. The van der Waals surface area contributed by atoms with Gasteiger partial charge in [-0.15, -0.1) is 0 Å². The van der Waals surface area contributed by atoms with E-state index in [9.17, 15) is 4.39 Å². The van der Waals surface area contributed by atoms with E-state index >= 15 is 0 Å². The molecule has 0 aliphatic heterocycles. The molecule has 0 aliphatic carbocycles. The second-order valence-electron chi connectivity index (χ2n) is 4.59. The van der Waals surface area contributed by atoms with Crippen LogP contribution in [-0.4, -0.2) is 6.54 Å². The Morgan fingerprint density at radius 1 is 1.25 bits per heavy atom. The van der Waals surface area contributed by atoms with Crippen LogP contribution in [0.1, 0.15) is 24.1 Å². The first-order chi connectivity index (χ1) is 9.61. The van der Waals surface area contributed by atoms with E-state index in [4.69, 9.17) is 11.6 Å². The van der Waals surface area contributed by atoms with Gasteiger partial charge in [0.05, 0.1) is 5.02 Å². The molecule has 1 N–H and O–H groups in total. The average molecular weight is 357 g/mol. The lowest BCUT2D eigenvalue weighted by Crippen LogP contribution is -2.24. The topological polar surface area (TPSA) is 12.0 Å². The van der Waals surface area contributed by atoms with E-state index in [0.717, 1.165) is 16.6 Å². The summed E-state index contributed by atoms with van der Waals surface area (Å²) in [6, 6.07) is 13.1. The largest absolute Gasteiger partial charge is 0.310 e. The van der Waals surface area contributed by atoms with Gasteiger partial charge in [0.1, 0.15) is 5.82 Å². The Bertz CT molecular complexity index is 588. The van der Waals surface area contributed by atoms with E-state index in [1.54, 1.807) is 18.2 Å². The Kier molecular flexibility index (Phi) is 5.58. The number of benzene rings is 2. The smallest absolute Gasteiger partial charge is 0.146 e. The van der Waals surface area contributed by atoms with Gasteiger partial charge in [0.25, 0.3) is 0 Å². The minimum Gasteiger partial charge on any atom is -0.310 e.